The third-order valence-electron chi connectivity index (χ3n) is 5.74. The van der Waals surface area contributed by atoms with Crippen molar-refractivity contribution in [2.45, 2.75) is 56.8 Å². The van der Waals surface area contributed by atoms with Crippen LogP contribution in [0.4, 0.5) is 0 Å². The summed E-state index contributed by atoms with van der Waals surface area (Å²) in [6.07, 6.45) is 8.13. The van der Waals surface area contributed by atoms with Crippen LogP contribution in [0.1, 0.15) is 38.5 Å². The van der Waals surface area contributed by atoms with Crippen LogP contribution in [0.15, 0.2) is 24.5 Å². The van der Waals surface area contributed by atoms with Gasteiger partial charge in [0.15, 0.2) is 0 Å². The number of hydrogen-bond acceptors (Lipinski definition) is 5. The zero-order valence-electron chi connectivity index (χ0n) is 14.3. The summed E-state index contributed by atoms with van der Waals surface area (Å²) in [5.74, 6) is 0.663. The lowest BCUT2D eigenvalue weighted by molar-refractivity contribution is -0.142. The van der Waals surface area contributed by atoms with Crippen molar-refractivity contribution >= 4 is 5.91 Å². The van der Waals surface area contributed by atoms with Gasteiger partial charge < -0.3 is 14.4 Å². The molecule has 6 nitrogen and oxygen atoms in total. The van der Waals surface area contributed by atoms with Crippen LogP contribution < -0.4 is 4.74 Å². The largest absolute Gasteiger partial charge is 0.484 e. The van der Waals surface area contributed by atoms with Crippen LogP contribution in [0.5, 0.6) is 5.75 Å². The summed E-state index contributed by atoms with van der Waals surface area (Å²) in [5.41, 5.74) is -0.842. The molecular weight excluding hydrogens is 318 g/mol. The molecular formula is C19H23N3O3. The SMILES string of the molecule is N#CC1(C(=O)N2C[C@H](Oc3cccnc3)[C@H]3OCCC[C@H]32)CCCC1. The summed E-state index contributed by atoms with van der Waals surface area (Å²) < 4.78 is 12.1. The van der Waals surface area contributed by atoms with Crippen LogP contribution in [-0.2, 0) is 9.53 Å². The van der Waals surface area contributed by atoms with Crippen LogP contribution in [0, 0.1) is 16.7 Å². The fourth-order valence-electron chi connectivity index (χ4n) is 4.47. The Balaban J connectivity index is 1.56. The molecule has 3 fully saturated rings. The number of rotatable bonds is 3. The van der Waals surface area contributed by atoms with Crippen LogP contribution >= 0.6 is 0 Å². The number of ether oxygens (including phenoxy) is 2. The first-order valence-corrected chi connectivity index (χ1v) is 9.14. The van der Waals surface area contributed by atoms with Crippen molar-refractivity contribution < 1.29 is 14.3 Å². The third-order valence-corrected chi connectivity index (χ3v) is 5.74. The molecule has 6 heteroatoms. The van der Waals surface area contributed by atoms with Crippen LogP contribution in [0.2, 0.25) is 0 Å². The van der Waals surface area contributed by atoms with Gasteiger partial charge >= 0.3 is 0 Å². The second-order valence-corrected chi connectivity index (χ2v) is 7.25. The Morgan fingerprint density at radius 1 is 1.40 bits per heavy atom. The number of amides is 1. The number of carbonyl (C=O) groups excluding carboxylic acids is 1. The van der Waals surface area contributed by atoms with E-state index in [4.69, 9.17) is 9.47 Å². The van der Waals surface area contributed by atoms with Crippen molar-refractivity contribution in [3.63, 3.8) is 0 Å². The summed E-state index contributed by atoms with van der Waals surface area (Å²) in [6.45, 7) is 1.17. The Bertz CT molecular complexity index is 666. The third kappa shape index (κ3) is 2.87. The van der Waals surface area contributed by atoms with Gasteiger partial charge in [-0.15, -0.1) is 0 Å². The summed E-state index contributed by atoms with van der Waals surface area (Å²) in [7, 11) is 0. The molecule has 1 amide bonds. The zero-order chi connectivity index (χ0) is 17.3. The molecule has 2 aliphatic heterocycles. The molecule has 0 spiro atoms. The molecule has 0 unspecified atom stereocenters. The lowest BCUT2D eigenvalue weighted by Gasteiger charge is -2.34. The summed E-state index contributed by atoms with van der Waals surface area (Å²) in [6, 6.07) is 6.03. The number of aromatic nitrogens is 1. The number of hydrogen-bond donors (Lipinski definition) is 0. The van der Waals surface area contributed by atoms with E-state index in [-0.39, 0.29) is 24.2 Å². The minimum Gasteiger partial charge on any atom is -0.484 e. The molecule has 1 saturated carbocycles. The van der Waals surface area contributed by atoms with E-state index >= 15 is 0 Å². The van der Waals surface area contributed by atoms with Gasteiger partial charge in [-0.05, 0) is 37.8 Å². The highest BCUT2D eigenvalue weighted by Crippen LogP contribution is 2.42. The second kappa shape index (κ2) is 6.64. The predicted molar refractivity (Wildman–Crippen MR) is 89.6 cm³/mol. The molecule has 0 N–H and O–H groups in total. The molecule has 0 radical (unpaired) electrons. The lowest BCUT2D eigenvalue weighted by Crippen LogP contribution is -2.48. The normalized spacial score (nSPS) is 30.5. The van der Waals surface area contributed by atoms with Gasteiger partial charge in [0, 0.05) is 12.8 Å². The summed E-state index contributed by atoms with van der Waals surface area (Å²) >= 11 is 0. The van der Waals surface area contributed by atoms with Crippen LogP contribution in [0.25, 0.3) is 0 Å². The van der Waals surface area contributed by atoms with Gasteiger partial charge in [-0.25, -0.2) is 0 Å². The number of nitrogens with zero attached hydrogens (tertiary/aromatic N) is 3. The number of pyridine rings is 1. The fourth-order valence-corrected chi connectivity index (χ4v) is 4.47. The molecule has 3 atom stereocenters. The van der Waals surface area contributed by atoms with E-state index in [0.717, 1.165) is 25.7 Å². The van der Waals surface area contributed by atoms with Crippen LogP contribution in [0.3, 0.4) is 0 Å². The molecule has 1 aromatic heterocycles. The Morgan fingerprint density at radius 2 is 2.24 bits per heavy atom. The maximum Gasteiger partial charge on any atom is 0.243 e. The van der Waals surface area contributed by atoms with E-state index < -0.39 is 5.41 Å². The van der Waals surface area contributed by atoms with Crippen LogP contribution in [-0.4, -0.2) is 47.2 Å². The van der Waals surface area contributed by atoms with Crippen molar-refractivity contribution in [3.05, 3.63) is 24.5 Å². The van der Waals surface area contributed by atoms with E-state index in [2.05, 4.69) is 11.1 Å². The van der Waals surface area contributed by atoms with Crippen molar-refractivity contribution in [1.82, 2.24) is 9.88 Å². The maximum atomic E-state index is 13.2. The topological polar surface area (TPSA) is 75.5 Å². The molecule has 4 rings (SSSR count). The van der Waals surface area contributed by atoms with Gasteiger partial charge in [0.05, 0.1) is 24.9 Å². The molecule has 2 saturated heterocycles. The molecule has 3 aliphatic rings. The maximum absolute atomic E-state index is 13.2. The fraction of sp³-hybridized carbons (Fsp3) is 0.632. The predicted octanol–water partition coefficient (Wildman–Crippen LogP) is 2.30. The van der Waals surface area contributed by atoms with E-state index in [1.807, 2.05) is 17.0 Å². The Labute approximate surface area is 147 Å². The van der Waals surface area contributed by atoms with Gasteiger partial charge in [-0.1, -0.05) is 12.8 Å². The first-order chi connectivity index (χ1) is 12.2. The molecule has 0 aromatic carbocycles. The number of nitriles is 1. The lowest BCUT2D eigenvalue weighted by atomic mass is 9.86. The van der Waals surface area contributed by atoms with Crippen molar-refractivity contribution in [2.24, 2.45) is 5.41 Å². The zero-order valence-corrected chi connectivity index (χ0v) is 14.3. The summed E-state index contributed by atoms with van der Waals surface area (Å²) in [4.78, 5) is 19.2. The average molecular weight is 341 g/mol. The second-order valence-electron chi connectivity index (χ2n) is 7.25. The number of likely N-dealkylation sites (tertiary alicyclic amines) is 1. The Morgan fingerprint density at radius 3 is 2.96 bits per heavy atom. The van der Waals surface area contributed by atoms with Gasteiger partial charge in [-0.3, -0.25) is 9.78 Å². The first kappa shape index (κ1) is 16.3. The highest BCUT2D eigenvalue weighted by atomic mass is 16.5. The average Bonchev–Trinajstić information content (AvgIpc) is 3.28. The van der Waals surface area contributed by atoms with Gasteiger partial charge in [0.25, 0.3) is 0 Å². The highest BCUT2D eigenvalue weighted by Gasteiger charge is 2.53. The van der Waals surface area contributed by atoms with Gasteiger partial charge in [0.2, 0.25) is 5.91 Å². The smallest absolute Gasteiger partial charge is 0.243 e. The molecule has 0 bridgehead atoms. The molecule has 1 aromatic rings. The van der Waals surface area contributed by atoms with Crippen molar-refractivity contribution in [1.29, 1.82) is 5.26 Å². The minimum atomic E-state index is -0.842. The van der Waals surface area contributed by atoms with E-state index in [1.165, 1.54) is 0 Å². The monoisotopic (exact) mass is 341 g/mol. The number of fused-ring (bicyclic) bond motifs is 1. The Hall–Kier alpha value is -2.13. The van der Waals surface area contributed by atoms with Gasteiger partial charge in [-0.2, -0.15) is 5.26 Å². The summed E-state index contributed by atoms with van der Waals surface area (Å²) in [5, 5.41) is 9.68. The van der Waals surface area contributed by atoms with Gasteiger partial charge in [0.1, 0.15) is 23.4 Å². The Kier molecular flexibility index (Phi) is 4.34. The first-order valence-electron chi connectivity index (χ1n) is 9.14. The molecule has 25 heavy (non-hydrogen) atoms. The number of carbonyl (C=O) groups is 1. The van der Waals surface area contributed by atoms with E-state index in [9.17, 15) is 10.1 Å². The van der Waals surface area contributed by atoms with E-state index in [1.54, 1.807) is 12.4 Å². The molecule has 1 aliphatic carbocycles. The minimum absolute atomic E-state index is 0.00810. The molecule has 132 valence electrons. The highest BCUT2D eigenvalue weighted by molar-refractivity contribution is 5.86. The van der Waals surface area contributed by atoms with E-state index in [0.29, 0.717) is 31.7 Å². The van der Waals surface area contributed by atoms with Crippen molar-refractivity contribution in [2.75, 3.05) is 13.2 Å². The quantitative estimate of drug-likeness (QED) is 0.843. The van der Waals surface area contributed by atoms with Crippen molar-refractivity contribution in [3.8, 4) is 11.8 Å². The standard InChI is InChI=1S/C19H23N3O3/c20-13-19(7-1-2-8-19)18(23)22-12-16(17-15(22)6-4-10-24-17)25-14-5-3-9-21-11-14/h3,5,9,11,15-17H,1-2,4,6-8,10,12H2/t15-,16+,17+/m1/s1. The molecule has 3 heterocycles.